The van der Waals surface area contributed by atoms with Crippen LogP contribution in [0.5, 0.6) is 0 Å². The molecular weight excluding hydrogens is 272 g/mol. The zero-order valence-electron chi connectivity index (χ0n) is 12.4. The van der Waals surface area contributed by atoms with Gasteiger partial charge in [-0.25, -0.2) is 9.97 Å². The monoisotopic (exact) mass is 290 g/mol. The number of rotatable bonds is 2. The van der Waals surface area contributed by atoms with Gasteiger partial charge in [0, 0.05) is 37.8 Å². The summed E-state index contributed by atoms with van der Waals surface area (Å²) in [5, 5.41) is 1.19. The van der Waals surface area contributed by atoms with Crippen molar-refractivity contribution in [3.8, 4) is 0 Å². The average Bonchev–Trinajstić information content (AvgIpc) is 2.62. The molecule has 0 unspecified atom stereocenters. The molecule has 2 aromatic heterocycles. The molecule has 1 aliphatic heterocycles. The second-order valence-electron chi connectivity index (χ2n) is 5.52. The first-order chi connectivity index (χ1) is 10.9. The molecule has 1 fully saturated rings. The molecule has 1 aliphatic rings. The Balaban J connectivity index is 1.50. The van der Waals surface area contributed by atoms with E-state index in [1.54, 1.807) is 0 Å². The van der Waals surface area contributed by atoms with Crippen LogP contribution in [0.25, 0.3) is 10.9 Å². The van der Waals surface area contributed by atoms with Crippen molar-refractivity contribution in [3.05, 3.63) is 60.8 Å². The Morgan fingerprint density at radius 1 is 0.682 bits per heavy atom. The Hall–Kier alpha value is -2.62. The highest BCUT2D eigenvalue weighted by Crippen LogP contribution is 2.20. The molecule has 0 saturated carbocycles. The Morgan fingerprint density at radius 3 is 2.18 bits per heavy atom. The molecule has 1 aromatic carbocycles. The third kappa shape index (κ3) is 2.48. The Morgan fingerprint density at radius 2 is 1.41 bits per heavy atom. The molecule has 3 aromatic rings. The maximum absolute atomic E-state index is 4.79. The summed E-state index contributed by atoms with van der Waals surface area (Å²) in [7, 11) is 0. The molecule has 4 nitrogen and oxygen atoms in total. The molecule has 0 bridgehead atoms. The minimum absolute atomic E-state index is 0.974. The molecule has 1 saturated heterocycles. The number of para-hydroxylation sites is 1. The highest BCUT2D eigenvalue weighted by molar-refractivity contribution is 5.80. The fourth-order valence-electron chi connectivity index (χ4n) is 2.94. The zero-order chi connectivity index (χ0) is 14.8. The number of aromatic nitrogens is 2. The van der Waals surface area contributed by atoms with Gasteiger partial charge in [0.2, 0.25) is 0 Å². The van der Waals surface area contributed by atoms with Crippen LogP contribution < -0.4 is 9.80 Å². The lowest BCUT2D eigenvalue weighted by molar-refractivity contribution is 0.642. The van der Waals surface area contributed by atoms with Crippen LogP contribution in [0.3, 0.4) is 0 Å². The molecule has 3 heterocycles. The van der Waals surface area contributed by atoms with Crippen molar-refractivity contribution in [1.82, 2.24) is 9.97 Å². The van der Waals surface area contributed by atoms with Gasteiger partial charge in [-0.15, -0.1) is 0 Å². The molecule has 4 heteroatoms. The summed E-state index contributed by atoms with van der Waals surface area (Å²) < 4.78 is 0. The standard InChI is InChI=1S/C18H18N4/c1-2-6-16-15(5-1)8-9-18(20-16)22-13-11-21(12-14-22)17-7-3-4-10-19-17/h1-10H,11-14H2. The number of piperazine rings is 1. The van der Waals surface area contributed by atoms with Gasteiger partial charge < -0.3 is 9.80 Å². The largest absolute Gasteiger partial charge is 0.353 e. The van der Waals surface area contributed by atoms with Crippen LogP contribution >= 0.6 is 0 Å². The number of benzene rings is 1. The molecular formula is C18H18N4. The van der Waals surface area contributed by atoms with Crippen molar-refractivity contribution in [2.75, 3.05) is 36.0 Å². The summed E-state index contributed by atoms with van der Waals surface area (Å²) >= 11 is 0. The van der Waals surface area contributed by atoms with Crippen LogP contribution in [0.2, 0.25) is 0 Å². The molecule has 110 valence electrons. The normalized spacial score (nSPS) is 15.3. The quantitative estimate of drug-likeness (QED) is 0.726. The summed E-state index contributed by atoms with van der Waals surface area (Å²) in [5.41, 5.74) is 1.06. The minimum atomic E-state index is 0.974. The Kier molecular flexibility index (Phi) is 3.35. The molecule has 0 aliphatic carbocycles. The van der Waals surface area contributed by atoms with Crippen LogP contribution in [0.1, 0.15) is 0 Å². The minimum Gasteiger partial charge on any atom is -0.353 e. The summed E-state index contributed by atoms with van der Waals surface area (Å²) in [5.74, 6) is 2.13. The summed E-state index contributed by atoms with van der Waals surface area (Å²) in [6.45, 7) is 3.90. The first-order valence-corrected chi connectivity index (χ1v) is 7.67. The van der Waals surface area contributed by atoms with Crippen molar-refractivity contribution in [2.24, 2.45) is 0 Å². The topological polar surface area (TPSA) is 32.3 Å². The van der Waals surface area contributed by atoms with Gasteiger partial charge in [0.05, 0.1) is 5.52 Å². The smallest absolute Gasteiger partial charge is 0.129 e. The van der Waals surface area contributed by atoms with Gasteiger partial charge in [0.25, 0.3) is 0 Å². The van der Waals surface area contributed by atoms with Gasteiger partial charge in [0.15, 0.2) is 0 Å². The summed E-state index contributed by atoms with van der Waals surface area (Å²) in [6, 6.07) is 18.6. The van der Waals surface area contributed by atoms with Gasteiger partial charge in [-0.3, -0.25) is 0 Å². The lowest BCUT2D eigenvalue weighted by Crippen LogP contribution is -2.47. The van der Waals surface area contributed by atoms with Crippen LogP contribution in [-0.4, -0.2) is 36.1 Å². The molecule has 0 N–H and O–H groups in total. The van der Waals surface area contributed by atoms with E-state index >= 15 is 0 Å². The third-order valence-corrected chi connectivity index (χ3v) is 4.16. The first-order valence-electron chi connectivity index (χ1n) is 7.67. The van der Waals surface area contributed by atoms with E-state index in [9.17, 15) is 0 Å². The number of anilines is 2. The van der Waals surface area contributed by atoms with Crippen LogP contribution in [0.15, 0.2) is 60.8 Å². The van der Waals surface area contributed by atoms with Gasteiger partial charge in [-0.1, -0.05) is 24.3 Å². The van der Waals surface area contributed by atoms with E-state index in [4.69, 9.17) is 4.98 Å². The van der Waals surface area contributed by atoms with E-state index < -0.39 is 0 Å². The highest BCUT2D eigenvalue weighted by Gasteiger charge is 2.18. The average molecular weight is 290 g/mol. The maximum atomic E-state index is 4.79. The number of hydrogen-bond acceptors (Lipinski definition) is 4. The van der Waals surface area contributed by atoms with Crippen LogP contribution in [-0.2, 0) is 0 Å². The Labute approximate surface area is 130 Å². The SMILES string of the molecule is c1ccc(N2CCN(c3ccc4ccccc4n3)CC2)nc1. The molecule has 0 radical (unpaired) electrons. The predicted molar refractivity (Wildman–Crippen MR) is 90.4 cm³/mol. The van der Waals surface area contributed by atoms with Crippen molar-refractivity contribution >= 4 is 22.5 Å². The van der Waals surface area contributed by atoms with Crippen LogP contribution in [0, 0.1) is 0 Å². The summed E-state index contributed by atoms with van der Waals surface area (Å²) in [6.07, 6.45) is 1.85. The van der Waals surface area contributed by atoms with Gasteiger partial charge in [-0.05, 0) is 30.3 Å². The fraction of sp³-hybridized carbons (Fsp3) is 0.222. The molecule has 0 amide bonds. The van der Waals surface area contributed by atoms with Crippen molar-refractivity contribution in [2.45, 2.75) is 0 Å². The fourth-order valence-corrected chi connectivity index (χ4v) is 2.94. The van der Waals surface area contributed by atoms with E-state index in [0.717, 1.165) is 43.3 Å². The maximum Gasteiger partial charge on any atom is 0.129 e. The van der Waals surface area contributed by atoms with Crippen molar-refractivity contribution in [3.63, 3.8) is 0 Å². The first kappa shape index (κ1) is 13.1. The molecule has 0 spiro atoms. The lowest BCUT2D eigenvalue weighted by Gasteiger charge is -2.36. The highest BCUT2D eigenvalue weighted by atomic mass is 15.3. The molecule has 4 rings (SSSR count). The third-order valence-electron chi connectivity index (χ3n) is 4.16. The molecule has 22 heavy (non-hydrogen) atoms. The number of nitrogens with zero attached hydrogens (tertiary/aromatic N) is 4. The lowest BCUT2D eigenvalue weighted by atomic mass is 10.2. The second-order valence-corrected chi connectivity index (χ2v) is 5.52. The number of pyridine rings is 2. The van der Waals surface area contributed by atoms with Gasteiger partial charge in [0.1, 0.15) is 11.6 Å². The molecule has 0 atom stereocenters. The van der Waals surface area contributed by atoms with Gasteiger partial charge >= 0.3 is 0 Å². The van der Waals surface area contributed by atoms with Crippen molar-refractivity contribution < 1.29 is 0 Å². The van der Waals surface area contributed by atoms with E-state index in [2.05, 4.69) is 51.2 Å². The predicted octanol–water partition coefficient (Wildman–Crippen LogP) is 2.96. The Bertz CT molecular complexity index is 764. The zero-order valence-corrected chi connectivity index (χ0v) is 12.4. The van der Waals surface area contributed by atoms with Crippen molar-refractivity contribution in [1.29, 1.82) is 0 Å². The van der Waals surface area contributed by atoms with E-state index in [0.29, 0.717) is 0 Å². The van der Waals surface area contributed by atoms with E-state index in [1.807, 2.05) is 24.4 Å². The summed E-state index contributed by atoms with van der Waals surface area (Å²) in [4.78, 5) is 13.9. The van der Waals surface area contributed by atoms with Gasteiger partial charge in [-0.2, -0.15) is 0 Å². The van der Waals surface area contributed by atoms with E-state index in [1.165, 1.54) is 5.39 Å². The van der Waals surface area contributed by atoms with E-state index in [-0.39, 0.29) is 0 Å². The number of hydrogen-bond donors (Lipinski definition) is 0. The number of fused-ring (bicyclic) bond motifs is 1. The second kappa shape index (κ2) is 5.64. The van der Waals surface area contributed by atoms with Crippen LogP contribution in [0.4, 0.5) is 11.6 Å².